The van der Waals surface area contributed by atoms with Gasteiger partial charge in [0, 0.05) is 22.7 Å². The van der Waals surface area contributed by atoms with Crippen LogP contribution in [0.3, 0.4) is 0 Å². The van der Waals surface area contributed by atoms with Gasteiger partial charge in [0.05, 0.1) is 4.92 Å². The molecule has 1 heterocycles. The Labute approximate surface area is 147 Å². The smallest absolute Gasteiger partial charge is 0.348 e. The van der Waals surface area contributed by atoms with Crippen molar-refractivity contribution in [1.82, 2.24) is 0 Å². The van der Waals surface area contributed by atoms with Crippen molar-refractivity contribution in [2.45, 2.75) is 25.7 Å². The predicted molar refractivity (Wildman–Crippen MR) is 93.0 cm³/mol. The Morgan fingerprint density at radius 1 is 1.20 bits per heavy atom. The van der Waals surface area contributed by atoms with E-state index in [1.54, 1.807) is 0 Å². The summed E-state index contributed by atoms with van der Waals surface area (Å²) in [6, 6.07) is 7.28. The molecule has 0 aliphatic heterocycles. The fourth-order valence-corrected chi connectivity index (χ4v) is 3.80. The van der Waals surface area contributed by atoms with Crippen LogP contribution < -0.4 is 5.32 Å². The number of benzene rings is 1. The monoisotopic (exact) mass is 360 g/mol. The highest BCUT2D eigenvalue weighted by Crippen LogP contribution is 2.30. The number of rotatable bonds is 5. The summed E-state index contributed by atoms with van der Waals surface area (Å²) in [6.45, 7) is -0.404. The minimum atomic E-state index is -0.520. The van der Waals surface area contributed by atoms with E-state index in [4.69, 9.17) is 4.74 Å². The van der Waals surface area contributed by atoms with E-state index in [2.05, 4.69) is 5.32 Å². The third-order valence-corrected chi connectivity index (χ3v) is 5.11. The summed E-state index contributed by atoms with van der Waals surface area (Å²) in [6.07, 6.45) is 4.25. The van der Waals surface area contributed by atoms with E-state index >= 15 is 0 Å². The topological polar surface area (TPSA) is 98.5 Å². The van der Waals surface area contributed by atoms with Crippen LogP contribution in [0.4, 0.5) is 11.4 Å². The second kappa shape index (κ2) is 7.43. The van der Waals surface area contributed by atoms with Crippen LogP contribution in [0.1, 0.15) is 33.0 Å². The van der Waals surface area contributed by atoms with Gasteiger partial charge in [0.25, 0.3) is 11.6 Å². The lowest BCUT2D eigenvalue weighted by Gasteiger charge is -2.08. The number of nitro benzene ring substituents is 1. The van der Waals surface area contributed by atoms with Crippen LogP contribution in [0.15, 0.2) is 30.3 Å². The van der Waals surface area contributed by atoms with Gasteiger partial charge in [0.15, 0.2) is 6.61 Å². The number of nitro groups is 1. The Bertz CT molecular complexity index is 789. The molecule has 2 aromatic rings. The van der Waals surface area contributed by atoms with Gasteiger partial charge in [-0.15, -0.1) is 11.3 Å². The molecule has 1 aromatic heterocycles. The molecule has 130 valence electrons. The van der Waals surface area contributed by atoms with Gasteiger partial charge in [-0.05, 0) is 49.4 Å². The molecule has 0 atom stereocenters. The fraction of sp³-hybridized carbons (Fsp3) is 0.294. The Kier molecular flexibility index (Phi) is 5.08. The Hall–Kier alpha value is -2.74. The molecular weight excluding hydrogens is 344 g/mol. The van der Waals surface area contributed by atoms with Gasteiger partial charge in [0.2, 0.25) is 0 Å². The third kappa shape index (κ3) is 4.21. The molecule has 7 nitrogen and oxygen atoms in total. The molecule has 8 heteroatoms. The highest BCUT2D eigenvalue weighted by atomic mass is 32.1. The number of nitrogens with one attached hydrogen (secondary N) is 1. The molecule has 0 saturated heterocycles. The van der Waals surface area contributed by atoms with Gasteiger partial charge >= 0.3 is 5.97 Å². The van der Waals surface area contributed by atoms with Crippen molar-refractivity contribution >= 4 is 34.6 Å². The number of ether oxygens (including phenoxy) is 1. The predicted octanol–water partition coefficient (Wildman–Crippen LogP) is 3.33. The summed E-state index contributed by atoms with van der Waals surface area (Å²) in [5.74, 6) is -0.998. The number of hydrogen-bond acceptors (Lipinski definition) is 6. The molecule has 0 fully saturated rings. The molecule has 1 aromatic carbocycles. The largest absolute Gasteiger partial charge is 0.451 e. The summed E-state index contributed by atoms with van der Waals surface area (Å²) in [5, 5.41) is 13.1. The third-order valence-electron chi connectivity index (χ3n) is 3.89. The molecule has 3 rings (SSSR count). The van der Waals surface area contributed by atoms with Crippen molar-refractivity contribution in [3.05, 3.63) is 55.8 Å². The lowest BCUT2D eigenvalue weighted by molar-refractivity contribution is -0.384. The van der Waals surface area contributed by atoms with Crippen molar-refractivity contribution in [2.24, 2.45) is 0 Å². The van der Waals surface area contributed by atoms with Crippen LogP contribution >= 0.6 is 11.3 Å². The summed E-state index contributed by atoms with van der Waals surface area (Å²) >= 11 is 1.43. The Morgan fingerprint density at radius 3 is 2.60 bits per heavy atom. The second-order valence-corrected chi connectivity index (χ2v) is 6.83. The van der Waals surface area contributed by atoms with Crippen molar-refractivity contribution in [3.8, 4) is 0 Å². The molecule has 0 unspecified atom stereocenters. The van der Waals surface area contributed by atoms with E-state index in [-0.39, 0.29) is 5.69 Å². The standard InChI is InChI=1S/C17H16N2O5S/c20-16(18-12-5-7-13(8-6-12)19(22)23)10-24-17(21)15-9-11-3-1-2-4-14(11)25-15/h5-9H,1-4,10H2,(H,18,20). The van der Waals surface area contributed by atoms with Crippen LogP contribution in [0.5, 0.6) is 0 Å². The molecule has 25 heavy (non-hydrogen) atoms. The van der Waals surface area contributed by atoms with Crippen LogP contribution in [0.2, 0.25) is 0 Å². The highest BCUT2D eigenvalue weighted by molar-refractivity contribution is 7.14. The van der Waals surface area contributed by atoms with Gasteiger partial charge in [-0.3, -0.25) is 14.9 Å². The molecule has 1 aliphatic carbocycles. The first-order chi connectivity index (χ1) is 12.0. The lowest BCUT2D eigenvalue weighted by Crippen LogP contribution is -2.20. The van der Waals surface area contributed by atoms with E-state index in [1.807, 2.05) is 6.07 Å². The van der Waals surface area contributed by atoms with Gasteiger partial charge in [-0.25, -0.2) is 4.79 Å². The van der Waals surface area contributed by atoms with Crippen molar-refractivity contribution in [3.63, 3.8) is 0 Å². The maximum absolute atomic E-state index is 12.1. The van der Waals surface area contributed by atoms with Crippen LogP contribution in [-0.4, -0.2) is 23.4 Å². The first-order valence-electron chi connectivity index (χ1n) is 7.86. The van der Waals surface area contributed by atoms with Crippen molar-refractivity contribution in [2.75, 3.05) is 11.9 Å². The molecule has 1 N–H and O–H groups in total. The summed E-state index contributed by atoms with van der Waals surface area (Å²) in [7, 11) is 0. The summed E-state index contributed by atoms with van der Waals surface area (Å²) in [5.41, 5.74) is 1.54. The zero-order valence-corrected chi connectivity index (χ0v) is 14.1. The quantitative estimate of drug-likeness (QED) is 0.501. The number of esters is 1. The average molecular weight is 360 g/mol. The fourth-order valence-electron chi connectivity index (χ4n) is 2.66. The maximum atomic E-state index is 12.1. The van der Waals surface area contributed by atoms with Gasteiger partial charge in [0.1, 0.15) is 4.88 Å². The lowest BCUT2D eigenvalue weighted by atomic mass is 9.99. The van der Waals surface area contributed by atoms with Crippen molar-refractivity contribution < 1.29 is 19.2 Å². The molecule has 0 radical (unpaired) electrons. The molecule has 0 bridgehead atoms. The zero-order chi connectivity index (χ0) is 17.8. The maximum Gasteiger partial charge on any atom is 0.348 e. The van der Waals surface area contributed by atoms with E-state index in [0.29, 0.717) is 10.6 Å². The van der Waals surface area contributed by atoms with Gasteiger partial charge < -0.3 is 10.1 Å². The van der Waals surface area contributed by atoms with E-state index < -0.39 is 23.4 Å². The number of aryl methyl sites for hydroxylation is 2. The first-order valence-corrected chi connectivity index (χ1v) is 8.67. The SMILES string of the molecule is O=C(COC(=O)c1cc2c(s1)CCCC2)Nc1ccc([N+](=O)[O-])cc1. The number of thiophene rings is 1. The van der Waals surface area contributed by atoms with Crippen molar-refractivity contribution in [1.29, 1.82) is 0 Å². The Balaban J connectivity index is 1.52. The normalized spacial score (nSPS) is 13.0. The number of anilines is 1. The number of carbonyl (C=O) groups is 2. The Morgan fingerprint density at radius 2 is 1.92 bits per heavy atom. The minimum Gasteiger partial charge on any atom is -0.451 e. The molecule has 1 aliphatic rings. The first kappa shape index (κ1) is 17.1. The number of carbonyl (C=O) groups excluding carboxylic acids is 2. The molecule has 0 saturated carbocycles. The number of nitrogens with zero attached hydrogens (tertiary/aromatic N) is 1. The zero-order valence-electron chi connectivity index (χ0n) is 13.3. The van der Waals surface area contributed by atoms with E-state index in [1.165, 1.54) is 46.0 Å². The summed E-state index contributed by atoms with van der Waals surface area (Å²) < 4.78 is 5.05. The number of non-ortho nitro benzene ring substituents is 1. The van der Waals surface area contributed by atoms with Crippen LogP contribution in [0, 0.1) is 10.1 Å². The summed E-state index contributed by atoms with van der Waals surface area (Å²) in [4.78, 5) is 35.7. The molecule has 0 spiro atoms. The van der Waals surface area contributed by atoms with Gasteiger partial charge in [-0.2, -0.15) is 0 Å². The molecular formula is C17H16N2O5S. The van der Waals surface area contributed by atoms with Gasteiger partial charge in [-0.1, -0.05) is 0 Å². The molecule has 1 amide bonds. The number of amides is 1. The average Bonchev–Trinajstić information content (AvgIpc) is 3.04. The van der Waals surface area contributed by atoms with E-state index in [0.717, 1.165) is 25.7 Å². The number of hydrogen-bond donors (Lipinski definition) is 1. The van der Waals surface area contributed by atoms with Crippen LogP contribution in [0.25, 0.3) is 0 Å². The highest BCUT2D eigenvalue weighted by Gasteiger charge is 2.19. The van der Waals surface area contributed by atoms with E-state index in [9.17, 15) is 19.7 Å². The minimum absolute atomic E-state index is 0.0638. The van der Waals surface area contributed by atoms with Crippen LogP contribution in [-0.2, 0) is 22.4 Å². The second-order valence-electron chi connectivity index (χ2n) is 5.69. The number of fused-ring (bicyclic) bond motifs is 1.